The minimum Gasteiger partial charge on any atom is -0.356 e. The van der Waals surface area contributed by atoms with Gasteiger partial charge in [-0.2, -0.15) is 11.8 Å². The van der Waals surface area contributed by atoms with Crippen molar-refractivity contribution in [1.82, 2.24) is 20.9 Å². The fourth-order valence-corrected chi connectivity index (χ4v) is 2.26. The van der Waals surface area contributed by atoms with E-state index in [4.69, 9.17) is 0 Å². The molecule has 0 spiro atoms. The van der Waals surface area contributed by atoms with Gasteiger partial charge in [0.1, 0.15) is 0 Å². The highest BCUT2D eigenvalue weighted by Gasteiger charge is 2.27. The standard InChI is InChI=1S/C12H23N5O2S/c1-13-11(14-5-3-4-8-20-2)15-6-7-17-10(18)9-16-12(17)19/h3-9H2,1-2H3,(H,16,19)(H2,13,14,15). The van der Waals surface area contributed by atoms with Crippen LogP contribution >= 0.6 is 11.8 Å². The van der Waals surface area contributed by atoms with Crippen molar-refractivity contribution in [1.29, 1.82) is 0 Å². The molecule has 8 heteroatoms. The molecule has 3 amide bonds. The molecule has 114 valence electrons. The second-order valence-electron chi connectivity index (χ2n) is 4.33. The number of carbonyl (C=O) groups excluding carboxylic acids is 2. The van der Waals surface area contributed by atoms with Crippen molar-refractivity contribution in [3.8, 4) is 0 Å². The summed E-state index contributed by atoms with van der Waals surface area (Å²) < 4.78 is 0. The van der Waals surface area contributed by atoms with Crippen LogP contribution in [0.2, 0.25) is 0 Å². The molecular weight excluding hydrogens is 278 g/mol. The van der Waals surface area contributed by atoms with Gasteiger partial charge in [0.15, 0.2) is 5.96 Å². The van der Waals surface area contributed by atoms with Gasteiger partial charge >= 0.3 is 6.03 Å². The highest BCUT2D eigenvalue weighted by atomic mass is 32.2. The molecule has 0 aromatic rings. The minimum absolute atomic E-state index is 0.0985. The van der Waals surface area contributed by atoms with Gasteiger partial charge in [-0.1, -0.05) is 0 Å². The van der Waals surface area contributed by atoms with Gasteiger partial charge in [-0.25, -0.2) is 4.79 Å². The quantitative estimate of drug-likeness (QED) is 0.251. The van der Waals surface area contributed by atoms with E-state index in [1.54, 1.807) is 7.05 Å². The number of unbranched alkanes of at least 4 members (excludes halogenated alkanes) is 1. The molecular formula is C12H23N5O2S. The molecule has 0 aromatic carbocycles. The second-order valence-corrected chi connectivity index (χ2v) is 5.32. The molecule has 0 radical (unpaired) electrons. The van der Waals surface area contributed by atoms with E-state index in [0.717, 1.165) is 13.0 Å². The first-order valence-electron chi connectivity index (χ1n) is 6.70. The lowest BCUT2D eigenvalue weighted by atomic mass is 10.3. The zero-order chi connectivity index (χ0) is 14.8. The highest BCUT2D eigenvalue weighted by Crippen LogP contribution is 1.98. The van der Waals surface area contributed by atoms with Crippen molar-refractivity contribution in [2.24, 2.45) is 4.99 Å². The number of hydrogen-bond donors (Lipinski definition) is 3. The van der Waals surface area contributed by atoms with Crippen LogP contribution in [0.1, 0.15) is 12.8 Å². The molecule has 0 bridgehead atoms. The molecule has 1 fully saturated rings. The summed E-state index contributed by atoms with van der Waals surface area (Å²) in [6, 6.07) is -0.322. The Hall–Kier alpha value is -1.44. The Balaban J connectivity index is 2.15. The van der Waals surface area contributed by atoms with Crippen LogP contribution in [0.3, 0.4) is 0 Å². The number of thioether (sulfide) groups is 1. The number of hydrogen-bond acceptors (Lipinski definition) is 4. The average molecular weight is 301 g/mol. The van der Waals surface area contributed by atoms with Crippen molar-refractivity contribution in [3.05, 3.63) is 0 Å². The maximum Gasteiger partial charge on any atom is 0.324 e. The molecule has 0 atom stereocenters. The largest absolute Gasteiger partial charge is 0.356 e. The third-order valence-corrected chi connectivity index (χ3v) is 3.55. The van der Waals surface area contributed by atoms with Crippen LogP contribution in [0.4, 0.5) is 4.79 Å². The van der Waals surface area contributed by atoms with Gasteiger partial charge in [-0.05, 0) is 24.9 Å². The number of rotatable bonds is 8. The maximum atomic E-state index is 11.4. The topological polar surface area (TPSA) is 85.8 Å². The zero-order valence-corrected chi connectivity index (χ0v) is 12.9. The monoisotopic (exact) mass is 301 g/mol. The molecule has 0 saturated carbocycles. The Morgan fingerprint density at radius 3 is 2.70 bits per heavy atom. The van der Waals surface area contributed by atoms with Crippen molar-refractivity contribution < 1.29 is 9.59 Å². The summed E-state index contributed by atoms with van der Waals surface area (Å²) >= 11 is 1.85. The molecule has 7 nitrogen and oxygen atoms in total. The Bertz CT molecular complexity index is 346. The average Bonchev–Trinajstić information content (AvgIpc) is 2.76. The summed E-state index contributed by atoms with van der Waals surface area (Å²) in [6.45, 7) is 1.80. The van der Waals surface area contributed by atoms with E-state index >= 15 is 0 Å². The third-order valence-electron chi connectivity index (χ3n) is 2.86. The fourth-order valence-electron chi connectivity index (χ4n) is 1.77. The SMILES string of the molecule is CN=C(NCCCCSC)NCCN1C(=O)CNC1=O. The summed E-state index contributed by atoms with van der Waals surface area (Å²) in [4.78, 5) is 28.0. The minimum atomic E-state index is -0.322. The molecule has 1 saturated heterocycles. The van der Waals surface area contributed by atoms with E-state index in [9.17, 15) is 9.59 Å². The molecule has 3 N–H and O–H groups in total. The number of carbonyl (C=O) groups is 2. The van der Waals surface area contributed by atoms with Crippen LogP contribution in [0.5, 0.6) is 0 Å². The van der Waals surface area contributed by atoms with Crippen molar-refractivity contribution in [3.63, 3.8) is 0 Å². The number of amides is 3. The smallest absolute Gasteiger partial charge is 0.324 e. The van der Waals surface area contributed by atoms with Crippen LogP contribution in [0, 0.1) is 0 Å². The number of aliphatic imine (C=N–C) groups is 1. The first-order chi connectivity index (χ1) is 9.69. The van der Waals surface area contributed by atoms with Gasteiger partial charge in [0.2, 0.25) is 5.91 Å². The van der Waals surface area contributed by atoms with Crippen molar-refractivity contribution in [2.75, 3.05) is 45.2 Å². The fraction of sp³-hybridized carbons (Fsp3) is 0.750. The summed E-state index contributed by atoms with van der Waals surface area (Å²) in [7, 11) is 1.70. The number of urea groups is 1. The lowest BCUT2D eigenvalue weighted by molar-refractivity contribution is -0.124. The Morgan fingerprint density at radius 2 is 2.10 bits per heavy atom. The Labute approximate surface area is 123 Å². The predicted molar refractivity (Wildman–Crippen MR) is 82.1 cm³/mol. The number of nitrogens with one attached hydrogen (secondary N) is 3. The third kappa shape index (κ3) is 5.68. The van der Waals surface area contributed by atoms with E-state index < -0.39 is 0 Å². The molecule has 1 heterocycles. The predicted octanol–water partition coefficient (Wildman–Crippen LogP) is -0.154. The lowest BCUT2D eigenvalue weighted by Crippen LogP contribution is -2.43. The molecule has 1 aliphatic heterocycles. The normalized spacial score (nSPS) is 15.5. The van der Waals surface area contributed by atoms with Crippen LogP contribution < -0.4 is 16.0 Å². The van der Waals surface area contributed by atoms with Gasteiger partial charge in [-0.15, -0.1) is 0 Å². The molecule has 20 heavy (non-hydrogen) atoms. The Kier molecular flexibility index (Phi) is 7.86. The van der Waals surface area contributed by atoms with Crippen LogP contribution in [-0.4, -0.2) is 68.0 Å². The molecule has 1 rings (SSSR count). The van der Waals surface area contributed by atoms with Gasteiger partial charge < -0.3 is 16.0 Å². The molecule has 0 unspecified atom stereocenters. The van der Waals surface area contributed by atoms with Crippen molar-refractivity contribution in [2.45, 2.75) is 12.8 Å². The number of imide groups is 1. The van der Waals surface area contributed by atoms with Gasteiger partial charge in [0, 0.05) is 26.7 Å². The number of guanidine groups is 1. The van der Waals surface area contributed by atoms with E-state index in [0.29, 0.717) is 19.0 Å². The molecule has 0 aliphatic carbocycles. The van der Waals surface area contributed by atoms with Crippen LogP contribution in [0.25, 0.3) is 0 Å². The first-order valence-corrected chi connectivity index (χ1v) is 8.10. The van der Waals surface area contributed by atoms with Crippen LogP contribution in [0.15, 0.2) is 4.99 Å². The zero-order valence-electron chi connectivity index (χ0n) is 12.1. The van der Waals surface area contributed by atoms with Gasteiger partial charge in [0.25, 0.3) is 0 Å². The van der Waals surface area contributed by atoms with E-state index in [2.05, 4.69) is 27.2 Å². The lowest BCUT2D eigenvalue weighted by Gasteiger charge is -2.15. The summed E-state index contributed by atoms with van der Waals surface area (Å²) in [5.41, 5.74) is 0. The first kappa shape index (κ1) is 16.6. The number of nitrogens with zero attached hydrogens (tertiary/aromatic N) is 2. The van der Waals surface area contributed by atoms with E-state index in [-0.39, 0.29) is 18.5 Å². The maximum absolute atomic E-state index is 11.4. The van der Waals surface area contributed by atoms with E-state index in [1.807, 2.05) is 11.8 Å². The highest BCUT2D eigenvalue weighted by molar-refractivity contribution is 7.98. The summed E-state index contributed by atoms with van der Waals surface area (Å²) in [5, 5.41) is 8.78. The van der Waals surface area contributed by atoms with Crippen LogP contribution in [-0.2, 0) is 4.79 Å². The van der Waals surface area contributed by atoms with Crippen molar-refractivity contribution >= 4 is 29.7 Å². The molecule has 1 aliphatic rings. The van der Waals surface area contributed by atoms with Gasteiger partial charge in [-0.3, -0.25) is 14.7 Å². The molecule has 0 aromatic heterocycles. The summed E-state index contributed by atoms with van der Waals surface area (Å²) in [5.74, 6) is 1.68. The second kappa shape index (κ2) is 9.46. The summed E-state index contributed by atoms with van der Waals surface area (Å²) in [6.07, 6.45) is 4.37. The van der Waals surface area contributed by atoms with Gasteiger partial charge in [0.05, 0.1) is 6.54 Å². The Morgan fingerprint density at radius 1 is 1.35 bits per heavy atom. The van der Waals surface area contributed by atoms with E-state index in [1.165, 1.54) is 17.1 Å².